The highest BCUT2D eigenvalue weighted by atomic mass is 19.3. The molecule has 9 heteroatoms. The average Bonchev–Trinajstić information content (AvgIpc) is 2.64. The van der Waals surface area contributed by atoms with Crippen molar-refractivity contribution in [2.24, 2.45) is 0 Å². The number of benzene rings is 2. The van der Waals surface area contributed by atoms with Crippen molar-refractivity contribution in [3.63, 3.8) is 0 Å². The van der Waals surface area contributed by atoms with Gasteiger partial charge in [0.05, 0.1) is 5.69 Å². The third-order valence-corrected chi connectivity index (χ3v) is 3.58. The molecule has 1 atom stereocenters. The lowest BCUT2D eigenvalue weighted by atomic mass is 10.2. The van der Waals surface area contributed by atoms with E-state index in [-0.39, 0.29) is 24.0 Å². The molecular formula is C19H21F2N3O4. The molecule has 0 saturated heterocycles. The standard InChI is InChI=1S/C19H21F2N3O4/c1-12(18(26)24-15-5-3-4-6-16(15)28-19(20)21)22-13-7-9-14(10-8-13)23-17(25)11-27-2/h3-10,12,19,22H,11H2,1-2H3,(H,23,25)(H,24,26). The first kappa shape index (κ1) is 21.1. The molecule has 2 rings (SSSR count). The van der Waals surface area contributed by atoms with Gasteiger partial charge in [-0.25, -0.2) is 0 Å². The number of para-hydroxylation sites is 2. The number of carbonyl (C=O) groups excluding carboxylic acids is 2. The van der Waals surface area contributed by atoms with Crippen molar-refractivity contribution in [3.8, 4) is 5.75 Å². The summed E-state index contributed by atoms with van der Waals surface area (Å²) in [5, 5.41) is 8.20. The first-order valence-corrected chi connectivity index (χ1v) is 8.39. The number of anilines is 3. The summed E-state index contributed by atoms with van der Waals surface area (Å²) < 4.78 is 34.0. The molecule has 1 unspecified atom stereocenters. The molecule has 150 valence electrons. The van der Waals surface area contributed by atoms with Gasteiger partial charge in [0.25, 0.3) is 0 Å². The quantitative estimate of drug-likeness (QED) is 0.608. The summed E-state index contributed by atoms with van der Waals surface area (Å²) in [6, 6.07) is 12.0. The highest BCUT2D eigenvalue weighted by Crippen LogP contribution is 2.25. The Hall–Kier alpha value is -3.20. The van der Waals surface area contributed by atoms with Gasteiger partial charge in [-0.15, -0.1) is 0 Å². The number of methoxy groups -OCH3 is 1. The summed E-state index contributed by atoms with van der Waals surface area (Å²) in [7, 11) is 1.43. The van der Waals surface area contributed by atoms with Crippen molar-refractivity contribution in [2.45, 2.75) is 19.6 Å². The van der Waals surface area contributed by atoms with Gasteiger partial charge in [0.2, 0.25) is 11.8 Å². The smallest absolute Gasteiger partial charge is 0.387 e. The van der Waals surface area contributed by atoms with Gasteiger partial charge in [-0.2, -0.15) is 8.78 Å². The Morgan fingerprint density at radius 3 is 2.29 bits per heavy atom. The number of ether oxygens (including phenoxy) is 2. The molecule has 0 saturated carbocycles. The van der Waals surface area contributed by atoms with E-state index in [1.54, 1.807) is 37.3 Å². The molecule has 0 fully saturated rings. The molecule has 28 heavy (non-hydrogen) atoms. The number of halogens is 2. The fraction of sp³-hybridized carbons (Fsp3) is 0.263. The first-order chi connectivity index (χ1) is 13.4. The second-order valence-electron chi connectivity index (χ2n) is 5.79. The van der Waals surface area contributed by atoms with E-state index < -0.39 is 18.6 Å². The number of alkyl halides is 2. The topological polar surface area (TPSA) is 88.7 Å². The Kier molecular flexibility index (Phi) is 7.70. The summed E-state index contributed by atoms with van der Waals surface area (Å²) in [6.45, 7) is -1.41. The summed E-state index contributed by atoms with van der Waals surface area (Å²) in [4.78, 5) is 23.8. The Labute approximate surface area is 161 Å². The summed E-state index contributed by atoms with van der Waals surface area (Å²) >= 11 is 0. The Morgan fingerprint density at radius 2 is 1.64 bits per heavy atom. The van der Waals surface area contributed by atoms with E-state index in [1.165, 1.54) is 25.3 Å². The molecule has 2 aromatic rings. The molecule has 0 aliphatic heterocycles. The maximum Gasteiger partial charge on any atom is 0.387 e. The molecule has 0 aliphatic carbocycles. The van der Waals surface area contributed by atoms with Crippen molar-refractivity contribution < 1.29 is 27.8 Å². The van der Waals surface area contributed by atoms with E-state index in [0.29, 0.717) is 11.4 Å². The molecule has 0 heterocycles. The van der Waals surface area contributed by atoms with Gasteiger partial charge >= 0.3 is 6.61 Å². The van der Waals surface area contributed by atoms with Crippen LogP contribution < -0.4 is 20.7 Å². The van der Waals surface area contributed by atoms with Gasteiger partial charge in [0.1, 0.15) is 18.4 Å². The van der Waals surface area contributed by atoms with Crippen LogP contribution in [0.25, 0.3) is 0 Å². The maximum absolute atomic E-state index is 12.5. The molecule has 0 spiro atoms. The van der Waals surface area contributed by atoms with Gasteiger partial charge in [-0.3, -0.25) is 9.59 Å². The van der Waals surface area contributed by atoms with Crippen LogP contribution in [-0.2, 0) is 14.3 Å². The average molecular weight is 393 g/mol. The van der Waals surface area contributed by atoms with Gasteiger partial charge < -0.3 is 25.4 Å². The number of hydrogen-bond donors (Lipinski definition) is 3. The second-order valence-corrected chi connectivity index (χ2v) is 5.79. The molecule has 0 bridgehead atoms. The Morgan fingerprint density at radius 1 is 1.00 bits per heavy atom. The first-order valence-electron chi connectivity index (χ1n) is 8.39. The van der Waals surface area contributed by atoms with E-state index in [2.05, 4.69) is 20.7 Å². The molecule has 0 radical (unpaired) electrons. The minimum absolute atomic E-state index is 0.0477. The van der Waals surface area contributed by atoms with Crippen LogP contribution in [0.2, 0.25) is 0 Å². The summed E-state index contributed by atoms with van der Waals surface area (Å²) in [6.07, 6.45) is 0. The van der Waals surface area contributed by atoms with E-state index in [1.807, 2.05) is 0 Å². The molecule has 7 nitrogen and oxygen atoms in total. The normalized spacial score (nSPS) is 11.6. The number of nitrogens with one attached hydrogen (secondary N) is 3. The zero-order valence-electron chi connectivity index (χ0n) is 15.4. The molecule has 0 aliphatic rings. The molecular weight excluding hydrogens is 372 g/mol. The summed E-state index contributed by atoms with van der Waals surface area (Å²) in [5.74, 6) is -0.822. The zero-order valence-corrected chi connectivity index (χ0v) is 15.4. The largest absolute Gasteiger partial charge is 0.433 e. The van der Waals surface area contributed by atoms with Crippen LogP contribution in [0, 0.1) is 0 Å². The van der Waals surface area contributed by atoms with Crippen LogP contribution in [0.3, 0.4) is 0 Å². The van der Waals surface area contributed by atoms with Crippen molar-refractivity contribution in [1.82, 2.24) is 0 Å². The van der Waals surface area contributed by atoms with Gasteiger partial charge in [0.15, 0.2) is 0 Å². The lowest BCUT2D eigenvalue weighted by Gasteiger charge is -2.17. The van der Waals surface area contributed by atoms with Crippen molar-refractivity contribution >= 4 is 28.9 Å². The lowest BCUT2D eigenvalue weighted by molar-refractivity contribution is -0.119. The minimum Gasteiger partial charge on any atom is -0.433 e. The van der Waals surface area contributed by atoms with E-state index in [9.17, 15) is 18.4 Å². The third kappa shape index (κ3) is 6.51. The summed E-state index contributed by atoms with van der Waals surface area (Å²) in [5.41, 5.74) is 1.38. The molecule has 2 amide bonds. The fourth-order valence-electron chi connectivity index (χ4n) is 2.30. The predicted molar refractivity (Wildman–Crippen MR) is 102 cm³/mol. The molecule has 3 N–H and O–H groups in total. The van der Waals surface area contributed by atoms with E-state index >= 15 is 0 Å². The van der Waals surface area contributed by atoms with Crippen molar-refractivity contribution in [1.29, 1.82) is 0 Å². The zero-order chi connectivity index (χ0) is 20.5. The number of carbonyl (C=O) groups is 2. The van der Waals surface area contributed by atoms with Crippen LogP contribution in [0.4, 0.5) is 25.8 Å². The van der Waals surface area contributed by atoms with E-state index in [4.69, 9.17) is 4.74 Å². The van der Waals surface area contributed by atoms with Crippen LogP contribution in [0.1, 0.15) is 6.92 Å². The van der Waals surface area contributed by atoms with Gasteiger partial charge in [0, 0.05) is 18.5 Å². The van der Waals surface area contributed by atoms with Crippen LogP contribution in [0.15, 0.2) is 48.5 Å². The van der Waals surface area contributed by atoms with Crippen molar-refractivity contribution in [2.75, 3.05) is 29.7 Å². The lowest BCUT2D eigenvalue weighted by Crippen LogP contribution is -2.32. The fourth-order valence-corrected chi connectivity index (χ4v) is 2.30. The Bertz CT molecular complexity index is 800. The van der Waals surface area contributed by atoms with Gasteiger partial charge in [-0.05, 0) is 43.3 Å². The minimum atomic E-state index is -2.99. The number of amides is 2. The van der Waals surface area contributed by atoms with Gasteiger partial charge in [-0.1, -0.05) is 12.1 Å². The predicted octanol–water partition coefficient (Wildman–Crippen LogP) is 3.31. The maximum atomic E-state index is 12.5. The van der Waals surface area contributed by atoms with Crippen LogP contribution in [0.5, 0.6) is 5.75 Å². The molecule has 0 aromatic heterocycles. The third-order valence-electron chi connectivity index (χ3n) is 3.58. The number of rotatable bonds is 9. The Balaban J connectivity index is 1.95. The SMILES string of the molecule is COCC(=O)Nc1ccc(NC(C)C(=O)Nc2ccccc2OC(F)F)cc1. The van der Waals surface area contributed by atoms with Crippen LogP contribution >= 0.6 is 0 Å². The second kappa shape index (κ2) is 10.2. The highest BCUT2D eigenvalue weighted by Gasteiger charge is 2.16. The van der Waals surface area contributed by atoms with Crippen LogP contribution in [-0.4, -0.2) is 38.2 Å². The number of hydrogen-bond acceptors (Lipinski definition) is 5. The van der Waals surface area contributed by atoms with Crippen molar-refractivity contribution in [3.05, 3.63) is 48.5 Å². The highest BCUT2D eigenvalue weighted by molar-refractivity contribution is 5.97. The molecule has 2 aromatic carbocycles. The van der Waals surface area contributed by atoms with E-state index in [0.717, 1.165) is 0 Å². The monoisotopic (exact) mass is 393 g/mol.